The first-order chi connectivity index (χ1) is 8.08. The highest BCUT2D eigenvalue weighted by atomic mass is 19.1. The summed E-state index contributed by atoms with van der Waals surface area (Å²) in [5, 5.41) is 9.59. The Morgan fingerprint density at radius 2 is 2.24 bits per heavy atom. The molecule has 0 amide bonds. The Morgan fingerprint density at radius 1 is 1.47 bits per heavy atom. The molecule has 90 valence electrons. The van der Waals surface area contributed by atoms with E-state index in [-0.39, 0.29) is 12.2 Å². The van der Waals surface area contributed by atoms with Crippen molar-refractivity contribution in [3.05, 3.63) is 35.8 Å². The summed E-state index contributed by atoms with van der Waals surface area (Å²) in [5.74, 6) is -1.04. The molecule has 0 spiro atoms. The second-order valence-electron chi connectivity index (χ2n) is 4.17. The summed E-state index contributed by atoms with van der Waals surface area (Å²) < 4.78 is 15.0. The Kier molecular flexibility index (Phi) is 3.13. The monoisotopic (exact) mass is 235 g/mol. The summed E-state index contributed by atoms with van der Waals surface area (Å²) in [6, 6.07) is 4.68. The predicted molar refractivity (Wildman–Crippen MR) is 63.5 cm³/mol. The van der Waals surface area contributed by atoms with E-state index in [1.165, 1.54) is 12.1 Å². The van der Waals surface area contributed by atoms with Crippen molar-refractivity contribution in [2.75, 3.05) is 0 Å². The van der Waals surface area contributed by atoms with Crippen molar-refractivity contribution in [1.29, 1.82) is 0 Å². The number of carboxylic acids is 1. The van der Waals surface area contributed by atoms with E-state index in [2.05, 4.69) is 0 Å². The molecular formula is C13H14FNO2. The summed E-state index contributed by atoms with van der Waals surface area (Å²) in [6.45, 7) is 0. The van der Waals surface area contributed by atoms with E-state index >= 15 is 0 Å². The van der Waals surface area contributed by atoms with Crippen LogP contribution in [0.4, 0.5) is 4.39 Å². The molecule has 4 heteroatoms. The minimum atomic E-state index is -0.781. The summed E-state index contributed by atoms with van der Waals surface area (Å²) in [6.07, 6.45) is 3.41. The SMILES string of the molecule is Cn1cc(CCCC(=O)O)c2ccc(F)cc21. The number of carbonyl (C=O) groups is 1. The zero-order valence-electron chi connectivity index (χ0n) is 9.61. The minimum Gasteiger partial charge on any atom is -0.481 e. The maximum atomic E-state index is 13.1. The van der Waals surface area contributed by atoms with Crippen LogP contribution in [0.3, 0.4) is 0 Å². The Labute approximate surface area is 98.5 Å². The molecule has 1 heterocycles. The Balaban J connectivity index is 2.26. The lowest BCUT2D eigenvalue weighted by molar-refractivity contribution is -0.137. The second kappa shape index (κ2) is 4.57. The van der Waals surface area contributed by atoms with Crippen LogP contribution < -0.4 is 0 Å². The molecule has 2 aromatic rings. The van der Waals surface area contributed by atoms with E-state index in [9.17, 15) is 9.18 Å². The van der Waals surface area contributed by atoms with Gasteiger partial charge in [0.2, 0.25) is 0 Å². The van der Waals surface area contributed by atoms with Crippen LogP contribution in [-0.2, 0) is 18.3 Å². The second-order valence-corrected chi connectivity index (χ2v) is 4.17. The standard InChI is InChI=1S/C13H14FNO2/c1-15-8-9(3-2-4-13(16)17)11-6-5-10(14)7-12(11)15/h5-8H,2-4H2,1H3,(H,16,17). The maximum absolute atomic E-state index is 13.1. The van der Waals surface area contributed by atoms with Gasteiger partial charge in [-0.3, -0.25) is 4.79 Å². The van der Waals surface area contributed by atoms with Crippen LogP contribution in [0.2, 0.25) is 0 Å². The third-order valence-electron chi connectivity index (χ3n) is 2.87. The number of aliphatic carboxylic acids is 1. The molecule has 0 aliphatic carbocycles. The molecule has 1 aromatic carbocycles. The minimum absolute atomic E-state index is 0.164. The lowest BCUT2D eigenvalue weighted by Gasteiger charge is -1.97. The van der Waals surface area contributed by atoms with Crippen LogP contribution in [-0.4, -0.2) is 15.6 Å². The van der Waals surface area contributed by atoms with Crippen molar-refractivity contribution in [1.82, 2.24) is 4.57 Å². The number of benzene rings is 1. The van der Waals surface area contributed by atoms with E-state index in [4.69, 9.17) is 5.11 Å². The molecular weight excluding hydrogens is 221 g/mol. The summed E-state index contributed by atoms with van der Waals surface area (Å²) in [5.41, 5.74) is 1.92. The predicted octanol–water partition coefficient (Wildman–Crippen LogP) is 2.72. The molecule has 0 radical (unpaired) electrons. The number of aromatic nitrogens is 1. The third-order valence-corrected chi connectivity index (χ3v) is 2.87. The first-order valence-corrected chi connectivity index (χ1v) is 5.53. The number of fused-ring (bicyclic) bond motifs is 1. The fraction of sp³-hybridized carbons (Fsp3) is 0.308. The number of hydrogen-bond donors (Lipinski definition) is 1. The van der Waals surface area contributed by atoms with Gasteiger partial charge in [-0.05, 0) is 36.6 Å². The topological polar surface area (TPSA) is 42.2 Å². The lowest BCUT2D eigenvalue weighted by atomic mass is 10.1. The van der Waals surface area contributed by atoms with Gasteiger partial charge >= 0.3 is 5.97 Å². The fourth-order valence-corrected chi connectivity index (χ4v) is 2.07. The van der Waals surface area contributed by atoms with Gasteiger partial charge in [0.15, 0.2) is 0 Å². The average molecular weight is 235 g/mol. The van der Waals surface area contributed by atoms with Crippen molar-refractivity contribution in [2.24, 2.45) is 7.05 Å². The maximum Gasteiger partial charge on any atom is 0.303 e. The molecule has 1 N–H and O–H groups in total. The van der Waals surface area contributed by atoms with Gasteiger partial charge in [0.1, 0.15) is 5.82 Å². The van der Waals surface area contributed by atoms with Gasteiger partial charge in [-0.25, -0.2) is 4.39 Å². The van der Waals surface area contributed by atoms with Gasteiger partial charge in [0.25, 0.3) is 0 Å². The van der Waals surface area contributed by atoms with Crippen molar-refractivity contribution in [3.63, 3.8) is 0 Å². The number of hydrogen-bond acceptors (Lipinski definition) is 1. The van der Waals surface area contributed by atoms with Crippen molar-refractivity contribution >= 4 is 16.9 Å². The molecule has 0 atom stereocenters. The molecule has 3 nitrogen and oxygen atoms in total. The number of rotatable bonds is 4. The van der Waals surface area contributed by atoms with Gasteiger partial charge in [0, 0.05) is 25.1 Å². The number of carboxylic acid groups (broad SMARTS) is 1. The highest BCUT2D eigenvalue weighted by molar-refractivity contribution is 5.84. The van der Waals surface area contributed by atoms with E-state index in [0.717, 1.165) is 16.5 Å². The number of aryl methyl sites for hydroxylation is 2. The molecule has 0 bridgehead atoms. The first-order valence-electron chi connectivity index (χ1n) is 5.53. The molecule has 0 saturated carbocycles. The Bertz CT molecular complexity index is 560. The van der Waals surface area contributed by atoms with E-state index in [0.29, 0.717) is 12.8 Å². The number of nitrogens with zero attached hydrogens (tertiary/aromatic N) is 1. The Morgan fingerprint density at radius 3 is 2.94 bits per heavy atom. The van der Waals surface area contributed by atoms with Gasteiger partial charge in [-0.2, -0.15) is 0 Å². The zero-order valence-corrected chi connectivity index (χ0v) is 9.61. The first kappa shape index (κ1) is 11.6. The van der Waals surface area contributed by atoms with Crippen molar-refractivity contribution in [2.45, 2.75) is 19.3 Å². The molecule has 0 unspecified atom stereocenters. The third kappa shape index (κ3) is 2.46. The highest BCUT2D eigenvalue weighted by Gasteiger charge is 2.08. The molecule has 17 heavy (non-hydrogen) atoms. The van der Waals surface area contributed by atoms with Gasteiger partial charge in [0.05, 0.1) is 5.52 Å². The molecule has 0 fully saturated rings. The zero-order chi connectivity index (χ0) is 12.4. The fourth-order valence-electron chi connectivity index (χ4n) is 2.07. The van der Waals surface area contributed by atoms with Gasteiger partial charge < -0.3 is 9.67 Å². The smallest absolute Gasteiger partial charge is 0.303 e. The normalized spacial score (nSPS) is 10.9. The van der Waals surface area contributed by atoms with Gasteiger partial charge in [-0.1, -0.05) is 0 Å². The van der Waals surface area contributed by atoms with E-state index in [1.54, 1.807) is 6.07 Å². The van der Waals surface area contributed by atoms with E-state index in [1.807, 2.05) is 17.8 Å². The molecule has 0 saturated heterocycles. The summed E-state index contributed by atoms with van der Waals surface area (Å²) in [7, 11) is 1.86. The van der Waals surface area contributed by atoms with Crippen LogP contribution in [0.1, 0.15) is 18.4 Å². The van der Waals surface area contributed by atoms with Crippen LogP contribution in [0.15, 0.2) is 24.4 Å². The van der Waals surface area contributed by atoms with Crippen LogP contribution in [0, 0.1) is 5.82 Å². The van der Waals surface area contributed by atoms with Crippen LogP contribution in [0.5, 0.6) is 0 Å². The molecule has 2 rings (SSSR count). The Hall–Kier alpha value is -1.84. The van der Waals surface area contributed by atoms with Gasteiger partial charge in [-0.15, -0.1) is 0 Å². The summed E-state index contributed by atoms with van der Waals surface area (Å²) in [4.78, 5) is 10.4. The number of halogens is 1. The van der Waals surface area contributed by atoms with E-state index < -0.39 is 5.97 Å². The lowest BCUT2D eigenvalue weighted by Crippen LogP contribution is -1.95. The van der Waals surface area contributed by atoms with Crippen LogP contribution in [0.25, 0.3) is 10.9 Å². The van der Waals surface area contributed by atoms with Crippen LogP contribution >= 0.6 is 0 Å². The summed E-state index contributed by atoms with van der Waals surface area (Å²) >= 11 is 0. The molecule has 0 aliphatic rings. The van der Waals surface area contributed by atoms with Crippen molar-refractivity contribution < 1.29 is 14.3 Å². The van der Waals surface area contributed by atoms with Crippen molar-refractivity contribution in [3.8, 4) is 0 Å². The quantitative estimate of drug-likeness (QED) is 0.885. The average Bonchev–Trinajstić information content (AvgIpc) is 2.55. The largest absolute Gasteiger partial charge is 0.481 e. The highest BCUT2D eigenvalue weighted by Crippen LogP contribution is 2.23. The molecule has 0 aliphatic heterocycles. The molecule has 1 aromatic heterocycles.